The average Bonchev–Trinajstić information content (AvgIpc) is 2.82. The van der Waals surface area contributed by atoms with Gasteiger partial charge in [-0.3, -0.25) is 4.79 Å². The van der Waals surface area contributed by atoms with Crippen molar-refractivity contribution in [2.24, 2.45) is 5.10 Å². The van der Waals surface area contributed by atoms with Gasteiger partial charge in [0, 0.05) is 5.02 Å². The van der Waals surface area contributed by atoms with Gasteiger partial charge in [-0.1, -0.05) is 23.2 Å². The number of hydrogen-bond donors (Lipinski definition) is 1. The molecule has 1 atom stereocenters. The molecule has 176 valence electrons. The Morgan fingerprint density at radius 3 is 2.32 bits per heavy atom. The Bertz CT molecular complexity index is 1160. The summed E-state index contributed by atoms with van der Waals surface area (Å²) in [7, 11) is 0. The third-order valence-corrected chi connectivity index (χ3v) is 4.98. The second kappa shape index (κ2) is 12.1. The molecular weight excluding hydrogens is 479 g/mol. The highest BCUT2D eigenvalue weighted by Gasteiger charge is 2.15. The number of rotatable bonds is 9. The minimum absolute atomic E-state index is 0.305. The van der Waals surface area contributed by atoms with E-state index in [2.05, 4.69) is 10.5 Å². The average molecular weight is 501 g/mol. The summed E-state index contributed by atoms with van der Waals surface area (Å²) in [4.78, 5) is 24.5. The van der Waals surface area contributed by atoms with Crippen molar-refractivity contribution in [2.75, 3.05) is 6.61 Å². The first kappa shape index (κ1) is 25.1. The van der Waals surface area contributed by atoms with Crippen LogP contribution in [0, 0.1) is 0 Å². The highest BCUT2D eigenvalue weighted by Crippen LogP contribution is 2.28. The molecule has 3 rings (SSSR count). The topological polar surface area (TPSA) is 86.2 Å². The number of halogens is 2. The summed E-state index contributed by atoms with van der Waals surface area (Å²) in [5, 5.41) is 4.70. The summed E-state index contributed by atoms with van der Waals surface area (Å²) in [6.45, 7) is 4.01. The number of amides is 1. The molecule has 9 heteroatoms. The Kier molecular flexibility index (Phi) is 8.90. The molecule has 0 saturated carbocycles. The summed E-state index contributed by atoms with van der Waals surface area (Å²) in [6.07, 6.45) is 0.623. The van der Waals surface area contributed by atoms with Gasteiger partial charge in [-0.25, -0.2) is 10.2 Å². The maximum atomic E-state index is 12.3. The minimum atomic E-state index is -0.833. The molecule has 0 spiro atoms. The van der Waals surface area contributed by atoms with E-state index in [0.29, 0.717) is 45.0 Å². The number of ether oxygens (including phenoxy) is 3. The van der Waals surface area contributed by atoms with Crippen LogP contribution in [0.3, 0.4) is 0 Å². The predicted octanol–water partition coefficient (Wildman–Crippen LogP) is 5.53. The Hall–Kier alpha value is -3.55. The number of nitrogens with zero attached hydrogens (tertiary/aromatic N) is 1. The van der Waals surface area contributed by atoms with Crippen molar-refractivity contribution in [3.63, 3.8) is 0 Å². The van der Waals surface area contributed by atoms with E-state index >= 15 is 0 Å². The van der Waals surface area contributed by atoms with Crippen LogP contribution in [0.1, 0.15) is 29.8 Å². The number of hydrogen-bond acceptors (Lipinski definition) is 6. The van der Waals surface area contributed by atoms with E-state index in [0.717, 1.165) is 0 Å². The van der Waals surface area contributed by atoms with Gasteiger partial charge in [0.2, 0.25) is 0 Å². The smallest absolute Gasteiger partial charge is 0.343 e. The molecule has 1 N–H and O–H groups in total. The van der Waals surface area contributed by atoms with E-state index in [1.807, 2.05) is 6.92 Å². The highest BCUT2D eigenvalue weighted by atomic mass is 35.5. The molecule has 0 aliphatic rings. The lowest BCUT2D eigenvalue weighted by molar-refractivity contribution is -0.127. The molecule has 0 unspecified atom stereocenters. The maximum Gasteiger partial charge on any atom is 0.343 e. The lowest BCUT2D eigenvalue weighted by Gasteiger charge is -2.14. The molecule has 0 aliphatic heterocycles. The predicted molar refractivity (Wildman–Crippen MR) is 131 cm³/mol. The van der Waals surface area contributed by atoms with Crippen LogP contribution >= 0.6 is 23.2 Å². The largest absolute Gasteiger partial charge is 0.494 e. The Morgan fingerprint density at radius 2 is 1.68 bits per heavy atom. The summed E-state index contributed by atoms with van der Waals surface area (Å²) in [6, 6.07) is 18.1. The zero-order valence-corrected chi connectivity index (χ0v) is 20.0. The van der Waals surface area contributed by atoms with Crippen LogP contribution in [-0.4, -0.2) is 30.8 Å². The maximum absolute atomic E-state index is 12.3. The first-order valence-corrected chi connectivity index (χ1v) is 11.1. The van der Waals surface area contributed by atoms with Gasteiger partial charge in [-0.15, -0.1) is 0 Å². The standard InChI is InChI=1S/C25H22Cl2N2O5/c1-3-32-20-11-6-18(7-12-20)25(31)34-21-9-4-17(5-10-21)15-28-29-24(30)16(2)33-23-13-8-19(26)14-22(23)27/h4-16H,3H2,1-2H3,(H,29,30)/b28-15-/t16-/m1/s1. The Morgan fingerprint density at radius 1 is 1.00 bits per heavy atom. The fraction of sp³-hybridized carbons (Fsp3) is 0.160. The number of nitrogens with one attached hydrogen (secondary N) is 1. The summed E-state index contributed by atoms with van der Waals surface area (Å²) >= 11 is 11.9. The summed E-state index contributed by atoms with van der Waals surface area (Å²) < 4.78 is 16.3. The monoisotopic (exact) mass is 500 g/mol. The van der Waals surface area contributed by atoms with Gasteiger partial charge in [-0.2, -0.15) is 5.10 Å². The van der Waals surface area contributed by atoms with Gasteiger partial charge in [-0.05, 0) is 86.1 Å². The van der Waals surface area contributed by atoms with E-state index in [1.165, 1.54) is 12.3 Å². The second-order valence-corrected chi connectivity index (χ2v) is 7.83. The SMILES string of the molecule is CCOc1ccc(C(=O)Oc2ccc(/C=N\NC(=O)[C@@H](C)Oc3ccc(Cl)cc3Cl)cc2)cc1. The highest BCUT2D eigenvalue weighted by molar-refractivity contribution is 6.35. The van der Waals surface area contributed by atoms with Crippen molar-refractivity contribution in [2.45, 2.75) is 20.0 Å². The van der Waals surface area contributed by atoms with Crippen LogP contribution in [0.25, 0.3) is 0 Å². The van der Waals surface area contributed by atoms with Crippen LogP contribution in [0.15, 0.2) is 71.8 Å². The number of hydrazone groups is 1. The van der Waals surface area contributed by atoms with E-state index in [1.54, 1.807) is 67.6 Å². The van der Waals surface area contributed by atoms with Gasteiger partial charge < -0.3 is 14.2 Å². The van der Waals surface area contributed by atoms with Crippen LogP contribution < -0.4 is 19.6 Å². The summed E-state index contributed by atoms with van der Waals surface area (Å²) in [5.41, 5.74) is 3.51. The van der Waals surface area contributed by atoms with Crippen LogP contribution in [0.2, 0.25) is 10.0 Å². The minimum Gasteiger partial charge on any atom is -0.494 e. The van der Waals surface area contributed by atoms with Crippen molar-refractivity contribution in [1.29, 1.82) is 0 Å². The van der Waals surface area contributed by atoms with Crippen molar-refractivity contribution in [1.82, 2.24) is 5.43 Å². The lowest BCUT2D eigenvalue weighted by Crippen LogP contribution is -2.33. The van der Waals surface area contributed by atoms with E-state index in [9.17, 15) is 9.59 Å². The fourth-order valence-corrected chi connectivity index (χ4v) is 3.17. The fourth-order valence-electron chi connectivity index (χ4n) is 2.72. The van der Waals surface area contributed by atoms with E-state index in [4.69, 9.17) is 37.4 Å². The number of esters is 1. The van der Waals surface area contributed by atoms with Crippen molar-refractivity contribution in [3.8, 4) is 17.2 Å². The lowest BCUT2D eigenvalue weighted by atomic mass is 10.2. The van der Waals surface area contributed by atoms with Gasteiger partial charge in [0.1, 0.15) is 17.2 Å². The van der Waals surface area contributed by atoms with Gasteiger partial charge in [0.25, 0.3) is 5.91 Å². The van der Waals surface area contributed by atoms with Crippen LogP contribution in [-0.2, 0) is 4.79 Å². The zero-order chi connectivity index (χ0) is 24.5. The molecule has 0 aromatic heterocycles. The first-order chi connectivity index (χ1) is 16.4. The summed E-state index contributed by atoms with van der Waals surface area (Å²) in [5.74, 6) is 0.467. The van der Waals surface area contributed by atoms with E-state index < -0.39 is 18.0 Å². The van der Waals surface area contributed by atoms with Crippen molar-refractivity contribution in [3.05, 3.63) is 87.9 Å². The molecule has 1 amide bonds. The van der Waals surface area contributed by atoms with Crippen LogP contribution in [0.5, 0.6) is 17.2 Å². The quantitative estimate of drug-likeness (QED) is 0.180. The number of carbonyl (C=O) groups is 2. The number of benzene rings is 3. The van der Waals surface area contributed by atoms with Crippen molar-refractivity contribution >= 4 is 41.3 Å². The zero-order valence-electron chi connectivity index (χ0n) is 18.5. The van der Waals surface area contributed by atoms with Gasteiger partial charge in [0.15, 0.2) is 6.10 Å². The molecule has 0 saturated heterocycles. The Balaban J connectivity index is 1.50. The Labute approximate surface area is 207 Å². The normalized spacial score (nSPS) is 11.6. The molecule has 0 heterocycles. The molecule has 3 aromatic rings. The van der Waals surface area contributed by atoms with Crippen LogP contribution in [0.4, 0.5) is 0 Å². The number of carbonyl (C=O) groups excluding carboxylic acids is 2. The van der Waals surface area contributed by atoms with Gasteiger partial charge >= 0.3 is 5.97 Å². The molecule has 0 bridgehead atoms. The third kappa shape index (κ3) is 7.23. The second-order valence-electron chi connectivity index (χ2n) is 6.99. The molecular formula is C25H22Cl2N2O5. The molecule has 0 aliphatic carbocycles. The first-order valence-electron chi connectivity index (χ1n) is 10.4. The molecule has 3 aromatic carbocycles. The molecule has 7 nitrogen and oxygen atoms in total. The molecule has 34 heavy (non-hydrogen) atoms. The third-order valence-electron chi connectivity index (χ3n) is 4.45. The van der Waals surface area contributed by atoms with Crippen molar-refractivity contribution < 1.29 is 23.8 Å². The van der Waals surface area contributed by atoms with Gasteiger partial charge in [0.05, 0.1) is 23.4 Å². The molecule has 0 radical (unpaired) electrons. The molecule has 0 fully saturated rings. The van der Waals surface area contributed by atoms with E-state index in [-0.39, 0.29) is 0 Å².